The minimum Gasteiger partial charge on any atom is -0.335 e. The average Bonchev–Trinajstić information content (AvgIpc) is 2.36. The monoisotopic (exact) mass is 181 g/mol. The summed E-state index contributed by atoms with van der Waals surface area (Å²) in [4.78, 5) is 4.38. The Hall–Kier alpha value is -0.830. The van der Waals surface area contributed by atoms with Crippen molar-refractivity contribution in [3.8, 4) is 0 Å². The van der Waals surface area contributed by atoms with E-state index in [9.17, 15) is 0 Å². The smallest absolute Gasteiger partial charge is 0.108 e. The topological polar surface area (TPSA) is 43.8 Å². The van der Waals surface area contributed by atoms with Gasteiger partial charge in [-0.05, 0) is 12.5 Å². The van der Waals surface area contributed by atoms with E-state index in [1.807, 2.05) is 6.20 Å². The molecular formula is C10H19N3. The van der Waals surface area contributed by atoms with Gasteiger partial charge in [-0.25, -0.2) is 4.98 Å². The second kappa shape index (κ2) is 4.42. The summed E-state index contributed by atoms with van der Waals surface area (Å²) in [6, 6.07) is 0. The molecule has 0 radical (unpaired) electrons. The Labute approximate surface area is 80.0 Å². The van der Waals surface area contributed by atoms with Gasteiger partial charge < -0.3 is 10.3 Å². The molecule has 74 valence electrons. The maximum absolute atomic E-state index is 5.50. The van der Waals surface area contributed by atoms with Gasteiger partial charge in [0.15, 0.2) is 0 Å². The molecule has 1 aromatic rings. The van der Waals surface area contributed by atoms with Crippen molar-refractivity contribution in [1.82, 2.24) is 9.55 Å². The molecule has 0 aliphatic heterocycles. The van der Waals surface area contributed by atoms with Crippen LogP contribution in [0.3, 0.4) is 0 Å². The van der Waals surface area contributed by atoms with E-state index >= 15 is 0 Å². The maximum atomic E-state index is 5.50. The predicted octanol–water partition coefficient (Wildman–Crippen LogP) is 1.12. The fourth-order valence-electron chi connectivity index (χ4n) is 1.42. The number of nitrogens with two attached hydrogens (primary N) is 1. The van der Waals surface area contributed by atoms with Crippen LogP contribution in [0.1, 0.15) is 25.4 Å². The molecule has 0 atom stereocenters. The summed E-state index contributed by atoms with van der Waals surface area (Å²) in [6.07, 6.45) is 3.90. The zero-order chi connectivity index (χ0) is 9.84. The fourth-order valence-corrected chi connectivity index (χ4v) is 1.42. The molecule has 0 aromatic carbocycles. The Balaban J connectivity index is 2.74. The highest BCUT2D eigenvalue weighted by molar-refractivity contribution is 5.05. The van der Waals surface area contributed by atoms with E-state index in [0.29, 0.717) is 12.5 Å². The van der Waals surface area contributed by atoms with Gasteiger partial charge in [0.05, 0.1) is 0 Å². The number of aromatic nitrogens is 2. The largest absolute Gasteiger partial charge is 0.335 e. The molecule has 0 amide bonds. The summed E-state index contributed by atoms with van der Waals surface area (Å²) in [5.74, 6) is 1.82. The number of rotatable bonds is 4. The summed E-state index contributed by atoms with van der Waals surface area (Å²) in [6.45, 7) is 5.11. The van der Waals surface area contributed by atoms with E-state index in [0.717, 1.165) is 12.8 Å². The van der Waals surface area contributed by atoms with Gasteiger partial charge >= 0.3 is 0 Å². The Morgan fingerprint density at radius 3 is 2.77 bits per heavy atom. The van der Waals surface area contributed by atoms with Crippen LogP contribution in [-0.2, 0) is 19.9 Å². The molecule has 0 aliphatic carbocycles. The third-order valence-electron chi connectivity index (χ3n) is 2.17. The highest BCUT2D eigenvalue weighted by Crippen LogP contribution is 2.08. The van der Waals surface area contributed by atoms with Crippen LogP contribution in [0.2, 0.25) is 0 Å². The van der Waals surface area contributed by atoms with Crippen molar-refractivity contribution in [3.05, 3.63) is 17.7 Å². The lowest BCUT2D eigenvalue weighted by molar-refractivity contribution is 0.596. The van der Waals surface area contributed by atoms with Crippen molar-refractivity contribution < 1.29 is 0 Å². The quantitative estimate of drug-likeness (QED) is 0.756. The molecule has 0 saturated heterocycles. The Bertz CT molecular complexity index is 263. The molecule has 0 saturated carbocycles. The van der Waals surface area contributed by atoms with Crippen molar-refractivity contribution in [3.63, 3.8) is 0 Å². The number of hydrogen-bond donors (Lipinski definition) is 1. The summed E-state index contributed by atoms with van der Waals surface area (Å²) < 4.78 is 2.16. The van der Waals surface area contributed by atoms with Gasteiger partial charge in [0.2, 0.25) is 0 Å². The lowest BCUT2D eigenvalue weighted by atomic mass is 10.1. The van der Waals surface area contributed by atoms with Crippen LogP contribution in [0.5, 0.6) is 0 Å². The van der Waals surface area contributed by atoms with E-state index in [1.165, 1.54) is 11.5 Å². The van der Waals surface area contributed by atoms with Crippen molar-refractivity contribution in [2.24, 2.45) is 18.7 Å². The number of imidazole rings is 1. The van der Waals surface area contributed by atoms with Crippen LogP contribution in [0.4, 0.5) is 0 Å². The van der Waals surface area contributed by atoms with E-state index in [2.05, 4.69) is 30.4 Å². The van der Waals surface area contributed by atoms with Crippen LogP contribution < -0.4 is 5.73 Å². The molecule has 3 heteroatoms. The lowest BCUT2D eigenvalue weighted by Gasteiger charge is -2.06. The minimum atomic E-state index is 0.659. The molecule has 1 rings (SSSR count). The highest BCUT2D eigenvalue weighted by atomic mass is 15.1. The zero-order valence-corrected chi connectivity index (χ0v) is 8.75. The van der Waals surface area contributed by atoms with E-state index in [1.54, 1.807) is 0 Å². The van der Waals surface area contributed by atoms with Crippen molar-refractivity contribution in [1.29, 1.82) is 0 Å². The minimum absolute atomic E-state index is 0.659. The molecular weight excluding hydrogens is 162 g/mol. The zero-order valence-electron chi connectivity index (χ0n) is 8.75. The molecule has 0 aliphatic rings. The van der Waals surface area contributed by atoms with Gasteiger partial charge in [-0.15, -0.1) is 0 Å². The lowest BCUT2D eigenvalue weighted by Crippen LogP contribution is -2.09. The Kier molecular flexibility index (Phi) is 3.48. The van der Waals surface area contributed by atoms with Gasteiger partial charge in [-0.2, -0.15) is 0 Å². The number of hydrogen-bond acceptors (Lipinski definition) is 2. The van der Waals surface area contributed by atoms with Crippen molar-refractivity contribution in [2.45, 2.75) is 26.7 Å². The van der Waals surface area contributed by atoms with Gasteiger partial charge in [0.25, 0.3) is 0 Å². The highest BCUT2D eigenvalue weighted by Gasteiger charge is 2.06. The first-order chi connectivity index (χ1) is 6.15. The van der Waals surface area contributed by atoms with Crippen molar-refractivity contribution in [2.75, 3.05) is 6.54 Å². The summed E-state index contributed by atoms with van der Waals surface area (Å²) in [5.41, 5.74) is 6.73. The van der Waals surface area contributed by atoms with Crippen LogP contribution in [0.25, 0.3) is 0 Å². The molecule has 2 N–H and O–H groups in total. The molecule has 1 aromatic heterocycles. The summed E-state index contributed by atoms with van der Waals surface area (Å²) in [5, 5.41) is 0. The molecule has 0 fully saturated rings. The average molecular weight is 181 g/mol. The molecule has 0 spiro atoms. The summed E-state index contributed by atoms with van der Waals surface area (Å²) in [7, 11) is 2.07. The molecule has 3 nitrogen and oxygen atoms in total. The SMILES string of the molecule is CC(C)Cc1ncc(CCN)n1C. The van der Waals surface area contributed by atoms with E-state index in [-0.39, 0.29) is 0 Å². The summed E-state index contributed by atoms with van der Waals surface area (Å²) >= 11 is 0. The van der Waals surface area contributed by atoms with Crippen LogP contribution >= 0.6 is 0 Å². The third kappa shape index (κ3) is 2.56. The van der Waals surface area contributed by atoms with Crippen molar-refractivity contribution >= 4 is 0 Å². The van der Waals surface area contributed by atoms with Gasteiger partial charge in [-0.3, -0.25) is 0 Å². The van der Waals surface area contributed by atoms with E-state index in [4.69, 9.17) is 5.73 Å². The van der Waals surface area contributed by atoms with Crippen LogP contribution in [0.15, 0.2) is 6.20 Å². The third-order valence-corrected chi connectivity index (χ3v) is 2.17. The second-order valence-electron chi connectivity index (χ2n) is 3.86. The first kappa shape index (κ1) is 10.3. The van der Waals surface area contributed by atoms with Gasteiger partial charge in [-0.1, -0.05) is 13.8 Å². The number of nitrogens with zero attached hydrogens (tertiary/aromatic N) is 2. The van der Waals surface area contributed by atoms with Crippen LogP contribution in [0, 0.1) is 5.92 Å². The first-order valence-electron chi connectivity index (χ1n) is 4.84. The molecule has 13 heavy (non-hydrogen) atoms. The van der Waals surface area contributed by atoms with Gasteiger partial charge in [0, 0.05) is 31.8 Å². The normalized spacial score (nSPS) is 11.2. The van der Waals surface area contributed by atoms with Gasteiger partial charge in [0.1, 0.15) is 5.82 Å². The second-order valence-corrected chi connectivity index (χ2v) is 3.86. The first-order valence-corrected chi connectivity index (χ1v) is 4.84. The molecule has 0 unspecified atom stereocenters. The molecule has 0 bridgehead atoms. The standard InChI is InChI=1S/C10H19N3/c1-8(2)6-10-12-7-9(4-5-11)13(10)3/h7-8H,4-6,11H2,1-3H3. The fraction of sp³-hybridized carbons (Fsp3) is 0.700. The predicted molar refractivity (Wildman–Crippen MR) is 54.5 cm³/mol. The molecule has 1 heterocycles. The maximum Gasteiger partial charge on any atom is 0.108 e. The Morgan fingerprint density at radius 2 is 2.23 bits per heavy atom. The Morgan fingerprint density at radius 1 is 1.54 bits per heavy atom. The van der Waals surface area contributed by atoms with Crippen LogP contribution in [-0.4, -0.2) is 16.1 Å². The van der Waals surface area contributed by atoms with E-state index < -0.39 is 0 Å².